The maximum atomic E-state index is 7.56. The third kappa shape index (κ3) is 3.15. The first-order valence-electron chi connectivity index (χ1n) is 5.66. The maximum absolute atomic E-state index is 7.56. The molecule has 0 aliphatic heterocycles. The normalized spacial score (nSPS) is 10.2. The fraction of sp³-hybridized carbons (Fsp3) is 0.0714. The number of benzene rings is 2. The van der Waals surface area contributed by atoms with Gasteiger partial charge in [0, 0.05) is 11.1 Å². The predicted octanol–water partition coefficient (Wildman–Crippen LogP) is 4.08. The molecular weight excluding hydrogens is 299 g/mol. The van der Waals surface area contributed by atoms with Crippen LogP contribution in [0.2, 0.25) is 10.0 Å². The Balaban J connectivity index is 2.43. The predicted molar refractivity (Wildman–Crippen MR) is 80.5 cm³/mol. The molecule has 0 spiro atoms. The second kappa shape index (κ2) is 6.03. The number of hydrogen-bond acceptors (Lipinski definition) is 3. The van der Waals surface area contributed by atoms with E-state index in [0.29, 0.717) is 32.9 Å². The molecule has 0 saturated carbocycles. The summed E-state index contributed by atoms with van der Waals surface area (Å²) in [5, 5.41) is 8.44. The van der Waals surface area contributed by atoms with Crippen molar-refractivity contribution in [2.75, 3.05) is 7.11 Å². The smallest absolute Gasteiger partial charge is 0.146 e. The number of nitrogens with one attached hydrogen (secondary N) is 1. The van der Waals surface area contributed by atoms with Crippen molar-refractivity contribution in [3.63, 3.8) is 0 Å². The van der Waals surface area contributed by atoms with Gasteiger partial charge in [0.15, 0.2) is 0 Å². The van der Waals surface area contributed by atoms with E-state index < -0.39 is 0 Å². The van der Waals surface area contributed by atoms with Crippen LogP contribution in [-0.2, 0) is 0 Å². The van der Waals surface area contributed by atoms with Crippen LogP contribution in [0.25, 0.3) is 0 Å². The van der Waals surface area contributed by atoms with E-state index >= 15 is 0 Å². The first kappa shape index (κ1) is 14.5. The molecule has 0 aliphatic rings. The van der Waals surface area contributed by atoms with Crippen LogP contribution in [-0.4, -0.2) is 12.9 Å². The van der Waals surface area contributed by atoms with Crippen molar-refractivity contribution in [1.82, 2.24) is 0 Å². The fourth-order valence-corrected chi connectivity index (χ4v) is 2.06. The van der Waals surface area contributed by atoms with Gasteiger partial charge in [0.05, 0.1) is 17.7 Å². The Labute approximate surface area is 126 Å². The molecular formula is C14H12Cl2N2O2. The molecule has 0 radical (unpaired) electrons. The van der Waals surface area contributed by atoms with Gasteiger partial charge in [-0.05, 0) is 30.3 Å². The van der Waals surface area contributed by atoms with E-state index in [1.165, 1.54) is 0 Å². The van der Waals surface area contributed by atoms with Crippen molar-refractivity contribution < 1.29 is 9.47 Å². The van der Waals surface area contributed by atoms with Gasteiger partial charge >= 0.3 is 0 Å². The Morgan fingerprint density at radius 1 is 1.10 bits per heavy atom. The van der Waals surface area contributed by atoms with Crippen LogP contribution in [0.4, 0.5) is 0 Å². The van der Waals surface area contributed by atoms with Gasteiger partial charge in [-0.25, -0.2) is 0 Å². The van der Waals surface area contributed by atoms with Crippen LogP contribution in [0.1, 0.15) is 5.56 Å². The van der Waals surface area contributed by atoms with E-state index in [2.05, 4.69) is 0 Å². The fourth-order valence-electron chi connectivity index (χ4n) is 1.61. The van der Waals surface area contributed by atoms with E-state index in [1.54, 1.807) is 43.5 Å². The Morgan fingerprint density at radius 2 is 1.85 bits per heavy atom. The monoisotopic (exact) mass is 310 g/mol. The number of nitrogen functional groups attached to an aromatic ring is 1. The minimum absolute atomic E-state index is 0.104. The van der Waals surface area contributed by atoms with Crippen LogP contribution in [0, 0.1) is 5.41 Å². The number of halogens is 2. The minimum atomic E-state index is -0.104. The summed E-state index contributed by atoms with van der Waals surface area (Å²) in [6.45, 7) is 0. The molecule has 2 aromatic rings. The lowest BCUT2D eigenvalue weighted by Gasteiger charge is -2.13. The lowest BCUT2D eigenvalue weighted by Crippen LogP contribution is -2.12. The highest BCUT2D eigenvalue weighted by Gasteiger charge is 2.11. The number of methoxy groups -OCH3 is 1. The van der Waals surface area contributed by atoms with Gasteiger partial charge in [0.2, 0.25) is 0 Å². The maximum Gasteiger partial charge on any atom is 0.146 e. The lowest BCUT2D eigenvalue weighted by molar-refractivity contribution is 0.409. The molecule has 3 N–H and O–H groups in total. The van der Waals surface area contributed by atoms with E-state index in [1.807, 2.05) is 0 Å². The van der Waals surface area contributed by atoms with Crippen LogP contribution in [0.15, 0.2) is 36.4 Å². The minimum Gasteiger partial charge on any atom is -0.497 e. The average molecular weight is 311 g/mol. The van der Waals surface area contributed by atoms with E-state index in [-0.39, 0.29) is 5.84 Å². The molecule has 0 amide bonds. The van der Waals surface area contributed by atoms with Crippen molar-refractivity contribution in [2.24, 2.45) is 5.73 Å². The Kier molecular flexibility index (Phi) is 4.37. The second-order valence-electron chi connectivity index (χ2n) is 3.95. The zero-order valence-electron chi connectivity index (χ0n) is 10.6. The molecule has 0 unspecified atom stereocenters. The highest BCUT2D eigenvalue weighted by Crippen LogP contribution is 2.34. The van der Waals surface area contributed by atoms with Crippen LogP contribution < -0.4 is 15.2 Å². The summed E-state index contributed by atoms with van der Waals surface area (Å²) in [5.41, 5.74) is 5.99. The molecule has 0 bridgehead atoms. The molecule has 0 aromatic heterocycles. The topological polar surface area (TPSA) is 68.3 Å². The standard InChI is InChI=1S/C14H12Cl2N2O2/c1-19-9-3-4-10(14(17)18)13(7-9)20-12-5-2-8(15)6-11(12)16/h2-7H,1H3,(H3,17,18). The summed E-state index contributed by atoms with van der Waals surface area (Å²) >= 11 is 11.9. The largest absolute Gasteiger partial charge is 0.497 e. The molecule has 4 nitrogen and oxygen atoms in total. The Hall–Kier alpha value is -1.91. The molecule has 0 atom stereocenters. The van der Waals surface area contributed by atoms with E-state index in [4.69, 9.17) is 43.8 Å². The van der Waals surface area contributed by atoms with Gasteiger partial charge in [0.1, 0.15) is 23.1 Å². The van der Waals surface area contributed by atoms with Crippen molar-refractivity contribution >= 4 is 29.0 Å². The number of amidine groups is 1. The summed E-state index contributed by atoms with van der Waals surface area (Å²) in [5.74, 6) is 1.30. The number of ether oxygens (including phenoxy) is 2. The van der Waals surface area contributed by atoms with Gasteiger partial charge in [-0.15, -0.1) is 0 Å². The Bertz CT molecular complexity index is 660. The van der Waals surface area contributed by atoms with Gasteiger partial charge in [-0.2, -0.15) is 0 Å². The zero-order chi connectivity index (χ0) is 14.7. The van der Waals surface area contributed by atoms with Crippen LogP contribution in [0.5, 0.6) is 17.2 Å². The summed E-state index contributed by atoms with van der Waals surface area (Å²) in [7, 11) is 1.54. The number of hydrogen-bond donors (Lipinski definition) is 2. The summed E-state index contributed by atoms with van der Waals surface area (Å²) in [4.78, 5) is 0. The van der Waals surface area contributed by atoms with Gasteiger partial charge in [-0.3, -0.25) is 5.41 Å². The molecule has 0 heterocycles. The summed E-state index contributed by atoms with van der Waals surface area (Å²) in [6.07, 6.45) is 0. The molecule has 0 fully saturated rings. The Morgan fingerprint density at radius 3 is 2.45 bits per heavy atom. The van der Waals surface area contributed by atoms with E-state index in [9.17, 15) is 0 Å². The molecule has 2 aromatic carbocycles. The summed E-state index contributed by atoms with van der Waals surface area (Å²) < 4.78 is 10.8. The molecule has 2 rings (SSSR count). The molecule has 20 heavy (non-hydrogen) atoms. The van der Waals surface area contributed by atoms with Crippen molar-refractivity contribution in [3.8, 4) is 17.2 Å². The van der Waals surface area contributed by atoms with Crippen LogP contribution >= 0.6 is 23.2 Å². The lowest BCUT2D eigenvalue weighted by atomic mass is 10.1. The van der Waals surface area contributed by atoms with Gasteiger partial charge in [-0.1, -0.05) is 23.2 Å². The second-order valence-corrected chi connectivity index (χ2v) is 4.80. The van der Waals surface area contributed by atoms with Crippen LogP contribution in [0.3, 0.4) is 0 Å². The van der Waals surface area contributed by atoms with Crippen molar-refractivity contribution in [2.45, 2.75) is 0 Å². The molecule has 0 saturated heterocycles. The first-order valence-corrected chi connectivity index (χ1v) is 6.42. The quantitative estimate of drug-likeness (QED) is 0.660. The zero-order valence-corrected chi connectivity index (χ0v) is 12.1. The summed E-state index contributed by atoms with van der Waals surface area (Å²) in [6, 6.07) is 9.88. The third-order valence-corrected chi connectivity index (χ3v) is 3.12. The third-order valence-electron chi connectivity index (χ3n) is 2.59. The average Bonchev–Trinajstić information content (AvgIpc) is 2.41. The number of rotatable bonds is 4. The highest BCUT2D eigenvalue weighted by atomic mass is 35.5. The van der Waals surface area contributed by atoms with Gasteiger partial charge in [0.25, 0.3) is 0 Å². The van der Waals surface area contributed by atoms with Crippen molar-refractivity contribution in [3.05, 3.63) is 52.0 Å². The number of nitrogens with two attached hydrogens (primary N) is 1. The first-order chi connectivity index (χ1) is 9.51. The molecule has 104 valence electrons. The highest BCUT2D eigenvalue weighted by molar-refractivity contribution is 6.35. The van der Waals surface area contributed by atoms with E-state index in [0.717, 1.165) is 0 Å². The molecule has 6 heteroatoms. The van der Waals surface area contributed by atoms with Crippen molar-refractivity contribution in [1.29, 1.82) is 5.41 Å². The molecule has 0 aliphatic carbocycles. The van der Waals surface area contributed by atoms with Gasteiger partial charge < -0.3 is 15.2 Å². The SMILES string of the molecule is COc1ccc(C(=N)N)c(Oc2ccc(Cl)cc2Cl)c1.